The summed E-state index contributed by atoms with van der Waals surface area (Å²) in [4.78, 5) is 25.5. The molecule has 0 saturated carbocycles. The van der Waals surface area contributed by atoms with E-state index < -0.39 is 0 Å². The highest BCUT2D eigenvalue weighted by atomic mass is 16.5. The van der Waals surface area contributed by atoms with E-state index in [1.54, 1.807) is 38.4 Å². The topological polar surface area (TPSA) is 70.7 Å². The summed E-state index contributed by atoms with van der Waals surface area (Å²) in [7, 11) is 3.38. The second-order valence-electron chi connectivity index (χ2n) is 5.64. The van der Waals surface area contributed by atoms with Gasteiger partial charge in [-0.3, -0.25) is 9.59 Å². The molecule has 25 heavy (non-hydrogen) atoms. The molecule has 0 aliphatic carbocycles. The van der Waals surface area contributed by atoms with Crippen LogP contribution in [0.1, 0.15) is 17.3 Å². The highest BCUT2D eigenvalue weighted by Crippen LogP contribution is 2.16. The zero-order valence-electron chi connectivity index (χ0n) is 14.7. The molecule has 2 N–H and O–H groups in total. The second kappa shape index (κ2) is 8.73. The summed E-state index contributed by atoms with van der Waals surface area (Å²) >= 11 is 0. The SMILES string of the molecule is CCOc1ccc(NCC(=O)Nc2cccc(C(=O)N(C)C)c2)cc1. The van der Waals surface area contributed by atoms with Crippen LogP contribution in [0.3, 0.4) is 0 Å². The Labute approximate surface area is 147 Å². The number of ether oxygens (including phenoxy) is 1. The van der Waals surface area contributed by atoms with E-state index in [1.807, 2.05) is 31.2 Å². The van der Waals surface area contributed by atoms with Crippen LogP contribution in [0.4, 0.5) is 11.4 Å². The Morgan fingerprint density at radius 1 is 1.04 bits per heavy atom. The first-order chi connectivity index (χ1) is 12.0. The standard InChI is InChI=1S/C19H23N3O3/c1-4-25-17-10-8-15(9-11-17)20-13-18(23)21-16-7-5-6-14(12-16)19(24)22(2)3/h5-12,20H,4,13H2,1-3H3,(H,21,23). The number of nitrogens with one attached hydrogen (secondary N) is 2. The lowest BCUT2D eigenvalue weighted by Crippen LogP contribution is -2.23. The molecule has 2 amide bonds. The Kier molecular flexibility index (Phi) is 6.39. The van der Waals surface area contributed by atoms with E-state index in [9.17, 15) is 9.59 Å². The third-order valence-electron chi connectivity index (χ3n) is 3.42. The number of carbonyl (C=O) groups excluding carboxylic acids is 2. The van der Waals surface area contributed by atoms with Crippen molar-refractivity contribution >= 4 is 23.2 Å². The molecule has 2 aromatic carbocycles. The van der Waals surface area contributed by atoms with Crippen LogP contribution in [0.25, 0.3) is 0 Å². The molecule has 0 aliphatic rings. The first-order valence-electron chi connectivity index (χ1n) is 8.08. The van der Waals surface area contributed by atoms with Crippen LogP contribution in [0, 0.1) is 0 Å². The maximum Gasteiger partial charge on any atom is 0.253 e. The quantitative estimate of drug-likeness (QED) is 0.812. The highest BCUT2D eigenvalue weighted by Gasteiger charge is 2.09. The molecule has 0 fully saturated rings. The maximum absolute atomic E-state index is 12.1. The Hall–Kier alpha value is -3.02. The summed E-state index contributed by atoms with van der Waals surface area (Å²) in [6.45, 7) is 2.67. The zero-order chi connectivity index (χ0) is 18.2. The smallest absolute Gasteiger partial charge is 0.253 e. The average molecular weight is 341 g/mol. The van der Waals surface area contributed by atoms with E-state index in [0.29, 0.717) is 17.9 Å². The van der Waals surface area contributed by atoms with Gasteiger partial charge in [-0.15, -0.1) is 0 Å². The van der Waals surface area contributed by atoms with E-state index in [1.165, 1.54) is 4.90 Å². The highest BCUT2D eigenvalue weighted by molar-refractivity contribution is 5.97. The molecule has 0 aliphatic heterocycles. The van der Waals surface area contributed by atoms with E-state index >= 15 is 0 Å². The first kappa shape index (κ1) is 18.3. The van der Waals surface area contributed by atoms with Crippen LogP contribution < -0.4 is 15.4 Å². The molecule has 132 valence electrons. The lowest BCUT2D eigenvalue weighted by molar-refractivity contribution is -0.114. The summed E-state index contributed by atoms with van der Waals surface area (Å²) in [6.07, 6.45) is 0. The van der Waals surface area contributed by atoms with Crippen molar-refractivity contribution in [1.29, 1.82) is 0 Å². The summed E-state index contributed by atoms with van der Waals surface area (Å²) in [6, 6.07) is 14.3. The van der Waals surface area contributed by atoms with Crippen LogP contribution >= 0.6 is 0 Å². The average Bonchev–Trinajstić information content (AvgIpc) is 2.61. The molecule has 0 bridgehead atoms. The molecular weight excluding hydrogens is 318 g/mol. The minimum absolute atomic E-state index is 0.108. The number of benzene rings is 2. The van der Waals surface area contributed by atoms with Gasteiger partial charge in [-0.25, -0.2) is 0 Å². The summed E-state index contributed by atoms with van der Waals surface area (Å²) in [5.41, 5.74) is 1.95. The normalized spacial score (nSPS) is 10.0. The lowest BCUT2D eigenvalue weighted by atomic mass is 10.2. The van der Waals surface area contributed by atoms with Crippen molar-refractivity contribution in [1.82, 2.24) is 4.90 Å². The monoisotopic (exact) mass is 341 g/mol. The van der Waals surface area contributed by atoms with Crippen LogP contribution in [0.2, 0.25) is 0 Å². The Morgan fingerprint density at radius 3 is 2.40 bits per heavy atom. The molecule has 0 heterocycles. The van der Waals surface area contributed by atoms with Crippen LogP contribution in [-0.2, 0) is 4.79 Å². The van der Waals surface area contributed by atoms with Crippen LogP contribution in [0.15, 0.2) is 48.5 Å². The van der Waals surface area contributed by atoms with Gasteiger partial charge in [0, 0.05) is 31.0 Å². The third kappa shape index (κ3) is 5.53. The maximum atomic E-state index is 12.1. The largest absolute Gasteiger partial charge is 0.494 e. The van der Waals surface area contributed by atoms with Crippen molar-refractivity contribution in [2.75, 3.05) is 37.9 Å². The summed E-state index contributed by atoms with van der Waals surface area (Å²) < 4.78 is 5.37. The minimum Gasteiger partial charge on any atom is -0.494 e. The molecular formula is C19H23N3O3. The number of nitrogens with zero attached hydrogens (tertiary/aromatic N) is 1. The van der Waals surface area contributed by atoms with Crippen molar-refractivity contribution < 1.29 is 14.3 Å². The van der Waals surface area contributed by atoms with Crippen molar-refractivity contribution in [3.63, 3.8) is 0 Å². The fraction of sp³-hybridized carbons (Fsp3) is 0.263. The fourth-order valence-electron chi connectivity index (χ4n) is 2.21. The van der Waals surface area contributed by atoms with Gasteiger partial charge in [0.1, 0.15) is 5.75 Å². The van der Waals surface area contributed by atoms with E-state index in [0.717, 1.165) is 11.4 Å². The van der Waals surface area contributed by atoms with Gasteiger partial charge in [0.2, 0.25) is 5.91 Å². The number of hydrogen-bond donors (Lipinski definition) is 2. The Morgan fingerprint density at radius 2 is 1.76 bits per heavy atom. The molecule has 2 rings (SSSR count). The van der Waals surface area contributed by atoms with Crippen molar-refractivity contribution in [3.05, 3.63) is 54.1 Å². The molecule has 0 atom stereocenters. The van der Waals surface area contributed by atoms with E-state index in [4.69, 9.17) is 4.74 Å². The second-order valence-corrected chi connectivity index (χ2v) is 5.64. The zero-order valence-corrected chi connectivity index (χ0v) is 14.7. The predicted octanol–water partition coefficient (Wildman–Crippen LogP) is 2.84. The first-order valence-corrected chi connectivity index (χ1v) is 8.08. The molecule has 0 saturated heterocycles. The minimum atomic E-state index is -0.191. The van der Waals surface area contributed by atoms with Gasteiger partial charge >= 0.3 is 0 Å². The number of rotatable bonds is 7. The van der Waals surface area contributed by atoms with Crippen LogP contribution in [0.5, 0.6) is 5.75 Å². The number of carbonyl (C=O) groups is 2. The Bertz CT molecular complexity index is 727. The molecule has 2 aromatic rings. The van der Waals surface area contributed by atoms with Gasteiger partial charge in [0.15, 0.2) is 0 Å². The van der Waals surface area contributed by atoms with Gasteiger partial charge in [0.05, 0.1) is 13.2 Å². The van der Waals surface area contributed by atoms with E-state index in [2.05, 4.69) is 10.6 Å². The van der Waals surface area contributed by atoms with Gasteiger partial charge < -0.3 is 20.3 Å². The fourth-order valence-corrected chi connectivity index (χ4v) is 2.21. The van der Waals surface area contributed by atoms with Crippen molar-refractivity contribution in [3.8, 4) is 5.75 Å². The number of anilines is 2. The van der Waals surface area contributed by atoms with Gasteiger partial charge in [-0.1, -0.05) is 6.07 Å². The molecule has 0 aromatic heterocycles. The van der Waals surface area contributed by atoms with Crippen molar-refractivity contribution in [2.24, 2.45) is 0 Å². The summed E-state index contributed by atoms with van der Waals surface area (Å²) in [5, 5.41) is 5.83. The molecule has 6 nitrogen and oxygen atoms in total. The summed E-state index contributed by atoms with van der Waals surface area (Å²) in [5.74, 6) is 0.492. The molecule has 0 radical (unpaired) electrons. The van der Waals surface area contributed by atoms with Gasteiger partial charge in [-0.2, -0.15) is 0 Å². The lowest BCUT2D eigenvalue weighted by Gasteiger charge is -2.12. The third-order valence-corrected chi connectivity index (χ3v) is 3.42. The van der Waals surface area contributed by atoms with E-state index in [-0.39, 0.29) is 18.4 Å². The van der Waals surface area contributed by atoms with Crippen molar-refractivity contribution in [2.45, 2.75) is 6.92 Å². The molecule has 0 spiro atoms. The van der Waals surface area contributed by atoms with Gasteiger partial charge in [0.25, 0.3) is 5.91 Å². The number of hydrogen-bond acceptors (Lipinski definition) is 4. The number of amides is 2. The van der Waals surface area contributed by atoms with Crippen LogP contribution in [-0.4, -0.2) is 44.0 Å². The Balaban J connectivity index is 1.90. The molecule has 6 heteroatoms. The van der Waals surface area contributed by atoms with Gasteiger partial charge in [-0.05, 0) is 49.4 Å². The predicted molar refractivity (Wildman–Crippen MR) is 99.2 cm³/mol. The molecule has 0 unspecified atom stereocenters.